The van der Waals surface area contributed by atoms with Crippen molar-refractivity contribution >= 4 is 15.9 Å². The summed E-state index contributed by atoms with van der Waals surface area (Å²) in [5.41, 5.74) is 0.869. The Hall–Kier alpha value is -0.540. The van der Waals surface area contributed by atoms with Crippen LogP contribution in [0.4, 0.5) is 0 Å². The summed E-state index contributed by atoms with van der Waals surface area (Å²) >= 11 is 3.44. The summed E-state index contributed by atoms with van der Waals surface area (Å²) in [5, 5.41) is 9.86. The van der Waals surface area contributed by atoms with Gasteiger partial charge in [0, 0.05) is 10.0 Å². The van der Waals surface area contributed by atoms with Crippen LogP contribution in [0.25, 0.3) is 0 Å². The number of hydrogen-bond acceptors (Lipinski definition) is 2. The molecule has 0 saturated heterocycles. The van der Waals surface area contributed by atoms with E-state index in [9.17, 15) is 5.11 Å². The molecule has 1 aliphatic carbocycles. The molecule has 3 atom stereocenters. The second-order valence-electron chi connectivity index (χ2n) is 5.54. The van der Waals surface area contributed by atoms with E-state index in [1.54, 1.807) is 6.92 Å². The van der Waals surface area contributed by atoms with E-state index in [-0.39, 0.29) is 0 Å². The second kappa shape index (κ2) is 6.76. The molecule has 106 valence electrons. The number of aliphatic hydroxyl groups is 1. The van der Waals surface area contributed by atoms with Crippen LogP contribution < -0.4 is 4.74 Å². The van der Waals surface area contributed by atoms with Gasteiger partial charge in [-0.15, -0.1) is 0 Å². The summed E-state index contributed by atoms with van der Waals surface area (Å²) in [5.74, 6) is 1.63. The fourth-order valence-electron chi connectivity index (χ4n) is 2.85. The van der Waals surface area contributed by atoms with Gasteiger partial charge in [0.2, 0.25) is 0 Å². The lowest BCUT2D eigenvalue weighted by Gasteiger charge is -2.30. The number of ether oxygens (including phenoxy) is 1. The third-order valence-corrected chi connectivity index (χ3v) is 4.52. The fourth-order valence-corrected chi connectivity index (χ4v) is 3.23. The first-order valence-corrected chi connectivity index (χ1v) is 8.03. The average molecular weight is 327 g/mol. The van der Waals surface area contributed by atoms with Gasteiger partial charge in [0.15, 0.2) is 0 Å². The summed E-state index contributed by atoms with van der Waals surface area (Å²) in [6.45, 7) is 4.04. The van der Waals surface area contributed by atoms with Crippen molar-refractivity contribution in [3.8, 4) is 5.75 Å². The zero-order chi connectivity index (χ0) is 13.8. The van der Waals surface area contributed by atoms with Gasteiger partial charge in [-0.2, -0.15) is 0 Å². The summed E-state index contributed by atoms with van der Waals surface area (Å²) < 4.78 is 7.13. The van der Waals surface area contributed by atoms with Crippen LogP contribution >= 0.6 is 15.9 Å². The number of halogens is 1. The fraction of sp³-hybridized carbons (Fsp3) is 0.625. The van der Waals surface area contributed by atoms with Gasteiger partial charge in [-0.1, -0.05) is 35.7 Å². The molecular formula is C16H23BrO2. The van der Waals surface area contributed by atoms with Crippen LogP contribution in [0.1, 0.15) is 57.6 Å². The molecule has 1 aliphatic rings. The third kappa shape index (κ3) is 3.96. The Kier molecular flexibility index (Phi) is 5.28. The molecule has 19 heavy (non-hydrogen) atoms. The molecule has 1 aromatic rings. The first-order valence-electron chi connectivity index (χ1n) is 7.24. The molecular weight excluding hydrogens is 304 g/mol. The van der Waals surface area contributed by atoms with E-state index >= 15 is 0 Å². The first-order chi connectivity index (χ1) is 9.10. The van der Waals surface area contributed by atoms with E-state index in [0.717, 1.165) is 34.5 Å². The maximum absolute atomic E-state index is 9.86. The molecule has 0 aromatic heterocycles. The first kappa shape index (κ1) is 14.9. The molecule has 2 nitrogen and oxygen atoms in total. The van der Waals surface area contributed by atoms with Gasteiger partial charge in [-0.25, -0.2) is 0 Å². The smallest absolute Gasteiger partial charge is 0.125 e. The van der Waals surface area contributed by atoms with Crippen molar-refractivity contribution in [1.29, 1.82) is 0 Å². The lowest BCUT2D eigenvalue weighted by molar-refractivity contribution is 0.115. The molecule has 3 unspecified atom stereocenters. The Morgan fingerprint density at radius 2 is 2.21 bits per heavy atom. The van der Waals surface area contributed by atoms with Crippen molar-refractivity contribution in [2.75, 3.05) is 0 Å². The van der Waals surface area contributed by atoms with Crippen molar-refractivity contribution in [2.24, 2.45) is 5.92 Å². The zero-order valence-electron chi connectivity index (χ0n) is 11.7. The molecule has 0 amide bonds. The van der Waals surface area contributed by atoms with Crippen LogP contribution in [-0.4, -0.2) is 11.2 Å². The second-order valence-corrected chi connectivity index (χ2v) is 6.45. The highest BCUT2D eigenvalue weighted by atomic mass is 79.9. The van der Waals surface area contributed by atoms with Gasteiger partial charge in [-0.3, -0.25) is 0 Å². The maximum Gasteiger partial charge on any atom is 0.125 e. The number of rotatable bonds is 4. The summed E-state index contributed by atoms with van der Waals surface area (Å²) in [6, 6.07) is 5.88. The molecule has 1 saturated carbocycles. The molecule has 0 spiro atoms. The Labute approximate surface area is 124 Å². The van der Waals surface area contributed by atoms with Crippen molar-refractivity contribution < 1.29 is 9.84 Å². The molecule has 1 N–H and O–H groups in total. The Morgan fingerprint density at radius 3 is 2.89 bits per heavy atom. The maximum atomic E-state index is 9.86. The molecule has 0 aliphatic heterocycles. The molecule has 1 aromatic carbocycles. The predicted octanol–water partition coefficient (Wildman–Crippen LogP) is 4.85. The van der Waals surface area contributed by atoms with Crippen LogP contribution in [0.3, 0.4) is 0 Å². The third-order valence-electron chi connectivity index (χ3n) is 4.03. The summed E-state index contributed by atoms with van der Waals surface area (Å²) in [6.07, 6.45) is 5.90. The van der Waals surface area contributed by atoms with Gasteiger partial charge >= 0.3 is 0 Å². The Balaban J connectivity index is 2.10. The highest BCUT2D eigenvalue weighted by molar-refractivity contribution is 9.10. The Morgan fingerprint density at radius 1 is 1.42 bits per heavy atom. The van der Waals surface area contributed by atoms with Crippen LogP contribution in [-0.2, 0) is 0 Å². The summed E-state index contributed by atoms with van der Waals surface area (Å²) in [7, 11) is 0. The minimum absolute atomic E-state index is 0.303. The van der Waals surface area contributed by atoms with Gasteiger partial charge in [0.05, 0.1) is 12.2 Å². The topological polar surface area (TPSA) is 29.5 Å². The lowest BCUT2D eigenvalue weighted by Crippen LogP contribution is -2.25. The number of benzene rings is 1. The van der Waals surface area contributed by atoms with Crippen LogP contribution in [0, 0.1) is 5.92 Å². The predicted molar refractivity (Wildman–Crippen MR) is 81.4 cm³/mol. The normalized spacial score (nSPS) is 25.1. The molecule has 0 radical (unpaired) electrons. The zero-order valence-corrected chi connectivity index (χ0v) is 13.3. The molecule has 0 bridgehead atoms. The SMILES string of the molecule is CCC1CCCC(Oc2ccc(Br)cc2C(C)O)C1. The van der Waals surface area contributed by atoms with E-state index in [2.05, 4.69) is 22.9 Å². The highest BCUT2D eigenvalue weighted by Crippen LogP contribution is 2.33. The van der Waals surface area contributed by atoms with Gasteiger partial charge in [-0.05, 0) is 50.3 Å². The number of aliphatic hydroxyl groups excluding tert-OH is 1. The van der Waals surface area contributed by atoms with Crippen molar-refractivity contribution in [1.82, 2.24) is 0 Å². The van der Waals surface area contributed by atoms with Gasteiger partial charge in [0.1, 0.15) is 5.75 Å². The van der Waals surface area contributed by atoms with E-state index in [4.69, 9.17) is 4.74 Å². The minimum Gasteiger partial charge on any atom is -0.490 e. The van der Waals surface area contributed by atoms with E-state index < -0.39 is 6.10 Å². The van der Waals surface area contributed by atoms with Crippen molar-refractivity contribution in [2.45, 2.75) is 58.2 Å². The Bertz CT molecular complexity index is 417. The monoisotopic (exact) mass is 326 g/mol. The summed E-state index contributed by atoms with van der Waals surface area (Å²) in [4.78, 5) is 0. The van der Waals surface area contributed by atoms with Crippen LogP contribution in [0.5, 0.6) is 5.75 Å². The molecule has 1 fully saturated rings. The molecule has 2 rings (SSSR count). The standard InChI is InChI=1S/C16H23BrO2/c1-3-12-5-4-6-14(9-12)19-16-8-7-13(17)10-15(16)11(2)18/h7-8,10-12,14,18H,3-6,9H2,1-2H3. The van der Waals surface area contributed by atoms with E-state index in [1.807, 2.05) is 18.2 Å². The lowest BCUT2D eigenvalue weighted by atomic mass is 9.85. The largest absolute Gasteiger partial charge is 0.490 e. The van der Waals surface area contributed by atoms with Crippen molar-refractivity contribution in [3.05, 3.63) is 28.2 Å². The van der Waals surface area contributed by atoms with Gasteiger partial charge in [0.25, 0.3) is 0 Å². The van der Waals surface area contributed by atoms with E-state index in [0.29, 0.717) is 6.10 Å². The highest BCUT2D eigenvalue weighted by Gasteiger charge is 2.23. The molecule has 3 heteroatoms. The number of hydrogen-bond donors (Lipinski definition) is 1. The molecule has 0 heterocycles. The van der Waals surface area contributed by atoms with Crippen LogP contribution in [0.2, 0.25) is 0 Å². The van der Waals surface area contributed by atoms with Crippen molar-refractivity contribution in [3.63, 3.8) is 0 Å². The van der Waals surface area contributed by atoms with E-state index in [1.165, 1.54) is 19.3 Å². The quantitative estimate of drug-likeness (QED) is 0.856. The average Bonchev–Trinajstić information content (AvgIpc) is 2.41. The van der Waals surface area contributed by atoms with Crippen LogP contribution in [0.15, 0.2) is 22.7 Å². The van der Waals surface area contributed by atoms with Gasteiger partial charge < -0.3 is 9.84 Å². The minimum atomic E-state index is -0.502.